The van der Waals surface area contributed by atoms with Crippen LogP contribution in [0.1, 0.15) is 119 Å². The minimum atomic E-state index is -0.197. The van der Waals surface area contributed by atoms with Gasteiger partial charge in [-0.05, 0) is 235 Å². The fourth-order valence-electron chi connectivity index (χ4n) is 19.0. The summed E-state index contributed by atoms with van der Waals surface area (Å²) in [6, 6.07) is 94.2. The maximum atomic E-state index is 2.59. The predicted octanol–water partition coefficient (Wildman–Crippen LogP) is 25.7. The Labute approximate surface area is 564 Å². The Balaban J connectivity index is 0.899. The summed E-state index contributed by atoms with van der Waals surface area (Å²) >= 11 is 0. The molecule has 2 atom stereocenters. The summed E-state index contributed by atoms with van der Waals surface area (Å²) in [6.07, 6.45) is 16.3. The van der Waals surface area contributed by atoms with Gasteiger partial charge in [-0.25, -0.2) is 0 Å². The van der Waals surface area contributed by atoms with Crippen molar-refractivity contribution in [3.05, 3.63) is 329 Å². The van der Waals surface area contributed by atoms with E-state index in [2.05, 4.69) is 344 Å². The molecule has 13 aromatic rings. The third-order valence-corrected chi connectivity index (χ3v) is 23.8. The highest BCUT2D eigenvalue weighted by atomic mass is 15.1. The molecule has 0 saturated carbocycles. The Morgan fingerprint density at radius 3 is 1.29 bits per heavy atom. The third-order valence-electron chi connectivity index (χ3n) is 23.8. The molecule has 0 saturated heterocycles. The Morgan fingerprint density at radius 1 is 0.323 bits per heavy atom. The number of allylic oxidation sites excluding steroid dienone is 8. The molecule has 13 aromatic carbocycles. The number of benzene rings is 13. The van der Waals surface area contributed by atoms with E-state index >= 15 is 0 Å². The first-order chi connectivity index (χ1) is 46.6. The Bertz CT molecular complexity index is 5580. The zero-order valence-corrected chi connectivity index (χ0v) is 56.0. The molecule has 96 heavy (non-hydrogen) atoms. The fraction of sp³-hybridized carbons (Fsp3) is 0.170. The summed E-state index contributed by atoms with van der Waals surface area (Å²) in [7, 11) is 0. The molecule has 0 radical (unpaired) electrons. The number of hydrogen-bond donors (Lipinski definition) is 0. The molecule has 2 heteroatoms. The second kappa shape index (κ2) is 20.5. The van der Waals surface area contributed by atoms with E-state index in [1.807, 2.05) is 0 Å². The van der Waals surface area contributed by atoms with Crippen LogP contribution in [0.25, 0.3) is 93.2 Å². The number of rotatable bonds is 8. The molecule has 0 fully saturated rings. The minimum Gasteiger partial charge on any atom is -0.310 e. The molecule has 0 spiro atoms. The highest BCUT2D eigenvalue weighted by Gasteiger charge is 2.46. The van der Waals surface area contributed by atoms with E-state index in [1.165, 1.54) is 149 Å². The maximum Gasteiger partial charge on any atom is 0.0468 e. The molecule has 19 rings (SSSR count). The predicted molar refractivity (Wildman–Crippen MR) is 408 cm³/mol. The highest BCUT2D eigenvalue weighted by molar-refractivity contribution is 6.26. The van der Waals surface area contributed by atoms with Gasteiger partial charge in [0.2, 0.25) is 0 Å². The van der Waals surface area contributed by atoms with Crippen molar-refractivity contribution >= 4 is 82.8 Å². The van der Waals surface area contributed by atoms with Gasteiger partial charge in [0.25, 0.3) is 0 Å². The van der Waals surface area contributed by atoms with Gasteiger partial charge in [-0.3, -0.25) is 0 Å². The maximum absolute atomic E-state index is 2.59. The molecule has 0 heterocycles. The first-order valence-electron chi connectivity index (χ1n) is 34.8. The van der Waals surface area contributed by atoms with Crippen LogP contribution in [-0.4, -0.2) is 0 Å². The second-order valence-electron chi connectivity index (χ2n) is 30.2. The van der Waals surface area contributed by atoms with E-state index in [-0.39, 0.29) is 21.7 Å². The normalized spacial score (nSPS) is 18.1. The van der Waals surface area contributed by atoms with Crippen molar-refractivity contribution in [2.75, 3.05) is 9.80 Å². The lowest BCUT2D eigenvalue weighted by Gasteiger charge is -2.32. The van der Waals surface area contributed by atoms with Crippen LogP contribution in [0.3, 0.4) is 0 Å². The van der Waals surface area contributed by atoms with Gasteiger partial charge < -0.3 is 9.80 Å². The lowest BCUT2D eigenvalue weighted by molar-refractivity contribution is 0.394. The molecule has 2 unspecified atom stereocenters. The van der Waals surface area contributed by atoms with E-state index in [0.29, 0.717) is 11.8 Å². The number of fused-ring (bicyclic) bond motifs is 15. The van der Waals surface area contributed by atoms with Crippen molar-refractivity contribution in [3.63, 3.8) is 0 Å². The summed E-state index contributed by atoms with van der Waals surface area (Å²) in [5, 5.41) is 9.72. The van der Waals surface area contributed by atoms with Crippen molar-refractivity contribution in [1.29, 1.82) is 0 Å². The summed E-state index contributed by atoms with van der Waals surface area (Å²) in [4.78, 5) is 5.16. The SMILES string of the molecule is CC1(C)C2=C(C=CCC2)c2ccc(N(c3ccc4c(c3)C(C)(C)C3C=CC=CC43)c3ccc4c(-c5cccc6ccccc56)c5cc(N(c6ccc7c(c6)C(C)(C)c6ccccc6-7)c6ccc7c(c6)C(C)(C)c6ccccc6-7)ccc5c(-c5cccc6ccccc56)c4c3)cc21. The largest absolute Gasteiger partial charge is 0.310 e. The lowest BCUT2D eigenvalue weighted by Crippen LogP contribution is -2.24. The number of hydrogen-bond acceptors (Lipinski definition) is 2. The van der Waals surface area contributed by atoms with Gasteiger partial charge in [-0.1, -0.05) is 267 Å². The van der Waals surface area contributed by atoms with Gasteiger partial charge in [0.15, 0.2) is 0 Å². The Hall–Kier alpha value is -10.5. The number of anilines is 6. The zero-order chi connectivity index (χ0) is 64.7. The van der Waals surface area contributed by atoms with Crippen LogP contribution < -0.4 is 9.80 Å². The molecular formula is C94H76N2. The topological polar surface area (TPSA) is 6.48 Å². The summed E-state index contributed by atoms with van der Waals surface area (Å²) < 4.78 is 0. The highest BCUT2D eigenvalue weighted by Crippen LogP contribution is 2.59. The van der Waals surface area contributed by atoms with Crippen LogP contribution in [0, 0.1) is 5.92 Å². The molecule has 0 amide bonds. The van der Waals surface area contributed by atoms with Crippen molar-refractivity contribution in [3.8, 4) is 44.5 Å². The fourth-order valence-corrected chi connectivity index (χ4v) is 19.0. The second-order valence-corrected chi connectivity index (χ2v) is 30.2. The zero-order valence-electron chi connectivity index (χ0n) is 56.0. The summed E-state index contributed by atoms with van der Waals surface area (Å²) in [5.41, 5.74) is 30.5. The molecule has 462 valence electrons. The lowest BCUT2D eigenvalue weighted by atomic mass is 9.74. The van der Waals surface area contributed by atoms with Crippen LogP contribution in [0.4, 0.5) is 34.1 Å². The minimum absolute atomic E-state index is 0.0736. The monoisotopic (exact) mass is 1230 g/mol. The van der Waals surface area contributed by atoms with Crippen molar-refractivity contribution in [2.45, 2.75) is 95.8 Å². The van der Waals surface area contributed by atoms with Gasteiger partial charge in [-0.2, -0.15) is 0 Å². The summed E-state index contributed by atoms with van der Waals surface area (Å²) in [5.74, 6) is 0.740. The quantitative estimate of drug-likeness (QED) is 0.140. The van der Waals surface area contributed by atoms with Crippen LogP contribution in [0.5, 0.6) is 0 Å². The van der Waals surface area contributed by atoms with Crippen molar-refractivity contribution < 1.29 is 0 Å². The van der Waals surface area contributed by atoms with Gasteiger partial charge >= 0.3 is 0 Å². The van der Waals surface area contributed by atoms with Crippen LogP contribution >= 0.6 is 0 Å². The summed E-state index contributed by atoms with van der Waals surface area (Å²) in [6.45, 7) is 19.4. The molecule has 0 aliphatic heterocycles. The van der Waals surface area contributed by atoms with Gasteiger partial charge in [-0.15, -0.1) is 0 Å². The molecular weight excluding hydrogens is 1160 g/mol. The van der Waals surface area contributed by atoms with Gasteiger partial charge in [0.05, 0.1) is 0 Å². The third kappa shape index (κ3) is 8.05. The van der Waals surface area contributed by atoms with E-state index in [9.17, 15) is 0 Å². The van der Waals surface area contributed by atoms with Crippen molar-refractivity contribution in [1.82, 2.24) is 0 Å². The first kappa shape index (κ1) is 57.0. The van der Waals surface area contributed by atoms with E-state index in [4.69, 9.17) is 0 Å². The average Bonchev–Trinajstić information content (AvgIpc) is 0.950. The standard InChI is InChI=1S/C94H76N2/c1-91(2)81-35-17-13-29-67(81)71-45-39-61(53-85(71)91)95(62-40-46-72-68-30-14-18-36-82(68)92(3,4)86(72)54-62)59-43-49-77-79(51-59)89(75-33-21-25-57-23-9-11-27-65(57)75)78-50-44-60(52-80(78)90(77)76-34-22-26-58-24-10-12-28-66(58)76)96(63-41-47-73-69-31-15-19-37-83(69)93(5,6)87(73)55-63)64-42-48-74-70-32-16-20-38-84(70)94(7,8)88(74)56-64/h9-19,21-37,39-56,69,83H,20,38H2,1-8H3. The van der Waals surface area contributed by atoms with Crippen LogP contribution in [0.15, 0.2) is 285 Å². The van der Waals surface area contributed by atoms with E-state index < -0.39 is 0 Å². The molecule has 6 aliphatic rings. The molecule has 0 bridgehead atoms. The van der Waals surface area contributed by atoms with Gasteiger partial charge in [0.1, 0.15) is 0 Å². The Morgan fingerprint density at radius 2 is 0.740 bits per heavy atom. The van der Waals surface area contributed by atoms with E-state index in [1.54, 1.807) is 5.57 Å². The Kier molecular flexibility index (Phi) is 12.2. The van der Waals surface area contributed by atoms with Crippen LogP contribution in [-0.2, 0) is 21.7 Å². The van der Waals surface area contributed by atoms with Gasteiger partial charge in [0, 0.05) is 56.3 Å². The smallest absolute Gasteiger partial charge is 0.0468 e. The van der Waals surface area contributed by atoms with Crippen LogP contribution in [0.2, 0.25) is 0 Å². The number of nitrogens with zero attached hydrogens (tertiary/aromatic N) is 2. The molecule has 2 nitrogen and oxygen atoms in total. The average molecular weight is 1230 g/mol. The van der Waals surface area contributed by atoms with Crippen molar-refractivity contribution in [2.24, 2.45) is 5.92 Å². The molecule has 0 aromatic heterocycles. The van der Waals surface area contributed by atoms with E-state index in [0.717, 1.165) is 35.6 Å². The first-order valence-corrected chi connectivity index (χ1v) is 34.8. The molecule has 0 N–H and O–H groups in total. The molecule has 6 aliphatic carbocycles.